The first-order valence-electron chi connectivity index (χ1n) is 9.44. The molecule has 33 heavy (non-hydrogen) atoms. The molecule has 0 aliphatic carbocycles. The van der Waals surface area contributed by atoms with Crippen LogP contribution in [0.25, 0.3) is 17.3 Å². The number of hydrogen-bond acceptors (Lipinski definition) is 5. The Bertz CT molecular complexity index is 1380. The number of halogens is 2. The van der Waals surface area contributed by atoms with Crippen molar-refractivity contribution < 1.29 is 23.1 Å². The third-order valence-electron chi connectivity index (χ3n) is 4.62. The van der Waals surface area contributed by atoms with E-state index >= 15 is 0 Å². The highest BCUT2D eigenvalue weighted by atomic mass is 35.5. The number of carboxylic acid groups (broad SMARTS) is 1. The zero-order chi connectivity index (χ0) is 24.3. The number of pyridine rings is 1. The SMILES string of the molecule is CC(=Cc1ccc(-c2cc(NC(=O)c3ccc(S(C)(=O)=O)cc3Cl)ccc2Cl)nc1)C(=O)O. The zero-order valence-corrected chi connectivity index (χ0v) is 19.8. The highest BCUT2D eigenvalue weighted by Crippen LogP contribution is 2.30. The van der Waals surface area contributed by atoms with Crippen LogP contribution in [0, 0.1) is 0 Å². The molecule has 0 saturated carbocycles. The number of nitrogens with zero attached hydrogens (tertiary/aromatic N) is 1. The van der Waals surface area contributed by atoms with Gasteiger partial charge in [0, 0.05) is 29.3 Å². The van der Waals surface area contributed by atoms with Gasteiger partial charge in [-0.2, -0.15) is 0 Å². The maximum atomic E-state index is 12.7. The van der Waals surface area contributed by atoms with Crippen molar-refractivity contribution in [3.63, 3.8) is 0 Å². The lowest BCUT2D eigenvalue weighted by molar-refractivity contribution is -0.132. The molecule has 1 amide bonds. The van der Waals surface area contributed by atoms with Crippen LogP contribution < -0.4 is 5.32 Å². The molecule has 0 bridgehead atoms. The van der Waals surface area contributed by atoms with Crippen molar-refractivity contribution in [1.82, 2.24) is 4.98 Å². The van der Waals surface area contributed by atoms with Crippen LogP contribution in [0.1, 0.15) is 22.8 Å². The van der Waals surface area contributed by atoms with Gasteiger partial charge >= 0.3 is 5.97 Å². The Balaban J connectivity index is 1.86. The van der Waals surface area contributed by atoms with Gasteiger partial charge in [0.2, 0.25) is 0 Å². The average molecular weight is 505 g/mol. The topological polar surface area (TPSA) is 113 Å². The Kier molecular flexibility index (Phi) is 7.22. The largest absolute Gasteiger partial charge is 0.478 e. The Morgan fingerprint density at radius 1 is 1.03 bits per heavy atom. The molecule has 1 aromatic heterocycles. The molecule has 1 heterocycles. The molecule has 2 N–H and O–H groups in total. The first kappa shape index (κ1) is 24.4. The summed E-state index contributed by atoms with van der Waals surface area (Å²) in [7, 11) is -3.45. The van der Waals surface area contributed by atoms with Crippen LogP contribution in [-0.4, -0.2) is 36.6 Å². The third-order valence-corrected chi connectivity index (χ3v) is 6.37. The zero-order valence-electron chi connectivity index (χ0n) is 17.5. The number of anilines is 1. The van der Waals surface area contributed by atoms with Gasteiger partial charge in [0.05, 0.1) is 26.2 Å². The number of aromatic nitrogens is 1. The molecule has 0 radical (unpaired) electrons. The normalized spacial score (nSPS) is 11.8. The monoisotopic (exact) mass is 504 g/mol. The number of rotatable bonds is 6. The predicted molar refractivity (Wildman–Crippen MR) is 128 cm³/mol. The van der Waals surface area contributed by atoms with Gasteiger partial charge in [-0.05, 0) is 61.0 Å². The molecule has 170 valence electrons. The molecule has 3 rings (SSSR count). The van der Waals surface area contributed by atoms with Gasteiger partial charge in [0.15, 0.2) is 9.84 Å². The summed E-state index contributed by atoms with van der Waals surface area (Å²) in [4.78, 5) is 28.0. The van der Waals surface area contributed by atoms with Crippen molar-refractivity contribution in [1.29, 1.82) is 0 Å². The fourth-order valence-electron chi connectivity index (χ4n) is 2.87. The van der Waals surface area contributed by atoms with Crippen molar-refractivity contribution in [3.05, 3.63) is 81.5 Å². The van der Waals surface area contributed by atoms with E-state index in [9.17, 15) is 18.0 Å². The van der Waals surface area contributed by atoms with E-state index in [4.69, 9.17) is 28.3 Å². The number of carboxylic acids is 1. The summed E-state index contributed by atoms with van der Waals surface area (Å²) in [6.45, 7) is 1.49. The predicted octanol–water partition coefficient (Wildman–Crippen LogP) is 5.20. The van der Waals surface area contributed by atoms with Crippen molar-refractivity contribution >= 4 is 56.7 Å². The smallest absolute Gasteiger partial charge is 0.331 e. The van der Waals surface area contributed by atoms with Crippen LogP contribution in [-0.2, 0) is 14.6 Å². The van der Waals surface area contributed by atoms with E-state index in [0.29, 0.717) is 27.5 Å². The molecule has 0 unspecified atom stereocenters. The van der Waals surface area contributed by atoms with E-state index in [1.54, 1.807) is 30.3 Å². The molecule has 0 spiro atoms. The Morgan fingerprint density at radius 2 is 1.76 bits per heavy atom. The third kappa shape index (κ3) is 5.98. The first-order valence-corrected chi connectivity index (χ1v) is 12.1. The summed E-state index contributed by atoms with van der Waals surface area (Å²) in [5.74, 6) is -1.54. The number of aliphatic carboxylic acids is 1. The molecule has 0 atom stereocenters. The fraction of sp³-hybridized carbons (Fsp3) is 0.0870. The van der Waals surface area contributed by atoms with Gasteiger partial charge in [-0.1, -0.05) is 29.3 Å². The van der Waals surface area contributed by atoms with E-state index in [-0.39, 0.29) is 21.1 Å². The van der Waals surface area contributed by atoms with E-state index in [2.05, 4.69) is 10.3 Å². The van der Waals surface area contributed by atoms with Crippen LogP contribution in [0.15, 0.2) is 65.2 Å². The summed E-state index contributed by atoms with van der Waals surface area (Å²) < 4.78 is 23.3. The minimum absolute atomic E-state index is 0.00609. The highest BCUT2D eigenvalue weighted by molar-refractivity contribution is 7.90. The van der Waals surface area contributed by atoms with Gasteiger partial charge in [0.1, 0.15) is 0 Å². The summed E-state index contributed by atoms with van der Waals surface area (Å²) >= 11 is 12.4. The maximum absolute atomic E-state index is 12.7. The van der Waals surface area contributed by atoms with Crippen molar-refractivity contribution in [2.75, 3.05) is 11.6 Å². The molecule has 0 saturated heterocycles. The van der Waals surface area contributed by atoms with Crippen molar-refractivity contribution in [2.45, 2.75) is 11.8 Å². The second-order valence-electron chi connectivity index (χ2n) is 7.17. The molecular weight excluding hydrogens is 487 g/mol. The summed E-state index contributed by atoms with van der Waals surface area (Å²) in [6.07, 6.45) is 4.07. The van der Waals surface area contributed by atoms with Crippen molar-refractivity contribution in [2.24, 2.45) is 0 Å². The molecule has 10 heteroatoms. The average Bonchev–Trinajstić information content (AvgIpc) is 2.74. The number of hydrogen-bond donors (Lipinski definition) is 2. The Morgan fingerprint density at radius 3 is 2.33 bits per heavy atom. The van der Waals surface area contributed by atoms with Crippen LogP contribution >= 0.6 is 23.2 Å². The molecule has 2 aromatic carbocycles. The molecular formula is C23H18Cl2N2O5S. The highest BCUT2D eigenvalue weighted by Gasteiger charge is 2.16. The summed E-state index contributed by atoms with van der Waals surface area (Å²) in [5.41, 5.74) is 2.41. The van der Waals surface area contributed by atoms with Crippen LogP contribution in [0.2, 0.25) is 10.0 Å². The molecule has 0 fully saturated rings. The lowest BCUT2D eigenvalue weighted by atomic mass is 10.1. The van der Waals surface area contributed by atoms with Gasteiger partial charge < -0.3 is 10.4 Å². The van der Waals surface area contributed by atoms with Gasteiger partial charge in [-0.15, -0.1) is 0 Å². The lowest BCUT2D eigenvalue weighted by Crippen LogP contribution is -2.13. The second-order valence-corrected chi connectivity index (χ2v) is 10.0. The summed E-state index contributed by atoms with van der Waals surface area (Å²) in [6, 6.07) is 12.1. The van der Waals surface area contributed by atoms with Crippen molar-refractivity contribution in [3.8, 4) is 11.3 Å². The number of nitrogens with one attached hydrogen (secondary N) is 1. The Hall–Kier alpha value is -3.20. The first-order chi connectivity index (χ1) is 15.5. The minimum Gasteiger partial charge on any atom is -0.478 e. The molecule has 7 nitrogen and oxygen atoms in total. The van der Waals surface area contributed by atoms with E-state index in [1.807, 2.05) is 0 Å². The number of carbonyl (C=O) groups is 2. The fourth-order valence-corrected chi connectivity index (χ4v) is 4.06. The Labute approximate surface area is 200 Å². The minimum atomic E-state index is -3.45. The van der Waals surface area contributed by atoms with E-state index in [1.165, 1.54) is 37.4 Å². The van der Waals surface area contributed by atoms with Crippen LogP contribution in [0.3, 0.4) is 0 Å². The maximum Gasteiger partial charge on any atom is 0.331 e. The number of sulfone groups is 1. The van der Waals surface area contributed by atoms with E-state index < -0.39 is 21.7 Å². The number of amides is 1. The quantitative estimate of drug-likeness (QED) is 0.446. The van der Waals surface area contributed by atoms with Crippen LogP contribution in [0.4, 0.5) is 5.69 Å². The number of benzene rings is 2. The lowest BCUT2D eigenvalue weighted by Gasteiger charge is -2.11. The van der Waals surface area contributed by atoms with E-state index in [0.717, 1.165) is 6.26 Å². The van der Waals surface area contributed by atoms with Gasteiger partial charge in [-0.3, -0.25) is 9.78 Å². The van der Waals surface area contributed by atoms with Crippen LogP contribution in [0.5, 0.6) is 0 Å². The van der Waals surface area contributed by atoms with Gasteiger partial charge in [-0.25, -0.2) is 13.2 Å². The number of carbonyl (C=O) groups excluding carboxylic acids is 1. The molecule has 0 aliphatic heterocycles. The summed E-state index contributed by atoms with van der Waals surface area (Å²) in [5, 5.41) is 12.1. The molecule has 3 aromatic rings. The van der Waals surface area contributed by atoms with Gasteiger partial charge in [0.25, 0.3) is 5.91 Å². The second kappa shape index (κ2) is 9.74. The standard InChI is InChI=1S/C23H18Cl2N2O5S/c1-13(23(29)30)9-14-3-8-21(26-12-14)18-10-15(4-7-19(18)24)27-22(28)17-6-5-16(11-20(17)25)33(2,31)32/h3-12H,1-2H3,(H,27,28)(H,29,30). The molecule has 0 aliphatic rings.